The van der Waals surface area contributed by atoms with Crippen LogP contribution < -0.4 is 5.73 Å². The van der Waals surface area contributed by atoms with Crippen LogP contribution in [0.5, 0.6) is 0 Å². The van der Waals surface area contributed by atoms with Gasteiger partial charge in [0.1, 0.15) is 0 Å². The summed E-state index contributed by atoms with van der Waals surface area (Å²) in [6.45, 7) is 7.61. The average molecular weight is 288 g/mol. The largest absolute Gasteiger partial charge is 0.323 e. The van der Waals surface area contributed by atoms with Crippen LogP contribution in [0.1, 0.15) is 61.8 Å². The molecule has 2 rings (SSSR count). The summed E-state index contributed by atoms with van der Waals surface area (Å²) in [6.07, 6.45) is 6.82. The first-order valence-corrected chi connectivity index (χ1v) is 8.54. The smallest absolute Gasteiger partial charge is 0.0424 e. The monoisotopic (exact) mass is 288 g/mol. The van der Waals surface area contributed by atoms with Crippen LogP contribution in [0.25, 0.3) is 0 Å². The molecule has 0 aliphatic heterocycles. The SMILES string of the molecule is CCC1CCC(N(C)CC(N)c2ccc(C)c(C)c2)CC1. The number of benzene rings is 1. The molecule has 1 fully saturated rings. The van der Waals surface area contributed by atoms with Crippen molar-refractivity contribution in [3.05, 3.63) is 34.9 Å². The lowest BCUT2D eigenvalue weighted by Gasteiger charge is -2.35. The topological polar surface area (TPSA) is 29.3 Å². The van der Waals surface area contributed by atoms with Crippen LogP contribution in [0.4, 0.5) is 0 Å². The van der Waals surface area contributed by atoms with Crippen LogP contribution in [0.15, 0.2) is 18.2 Å². The molecule has 2 N–H and O–H groups in total. The number of aryl methyl sites for hydroxylation is 2. The number of nitrogens with two attached hydrogens (primary N) is 1. The van der Waals surface area contributed by atoms with Gasteiger partial charge in [-0.15, -0.1) is 0 Å². The Morgan fingerprint density at radius 3 is 2.38 bits per heavy atom. The Bertz CT molecular complexity index is 447. The molecule has 2 heteroatoms. The molecule has 21 heavy (non-hydrogen) atoms. The Morgan fingerprint density at radius 1 is 1.14 bits per heavy atom. The maximum absolute atomic E-state index is 6.43. The van der Waals surface area contributed by atoms with Gasteiger partial charge in [0.15, 0.2) is 0 Å². The minimum Gasteiger partial charge on any atom is -0.323 e. The first-order valence-electron chi connectivity index (χ1n) is 8.54. The Kier molecular flexibility index (Phi) is 5.83. The van der Waals surface area contributed by atoms with Crippen molar-refractivity contribution < 1.29 is 0 Å². The van der Waals surface area contributed by atoms with Crippen LogP contribution >= 0.6 is 0 Å². The highest BCUT2D eigenvalue weighted by Gasteiger charge is 2.24. The van der Waals surface area contributed by atoms with Gasteiger partial charge in [-0.1, -0.05) is 31.5 Å². The highest BCUT2D eigenvalue weighted by molar-refractivity contribution is 5.31. The molecule has 1 aliphatic carbocycles. The Labute approximate surface area is 130 Å². The fourth-order valence-corrected chi connectivity index (χ4v) is 3.55. The van der Waals surface area contributed by atoms with Crippen LogP contribution in [-0.4, -0.2) is 24.5 Å². The van der Waals surface area contributed by atoms with Gasteiger partial charge in [-0.3, -0.25) is 0 Å². The predicted octanol–water partition coefficient (Wildman–Crippen LogP) is 4.20. The minimum absolute atomic E-state index is 0.123. The number of likely N-dealkylation sites (N-methyl/N-ethyl adjacent to an activating group) is 1. The third-order valence-electron chi connectivity index (χ3n) is 5.46. The Hall–Kier alpha value is -0.860. The zero-order valence-corrected chi connectivity index (χ0v) is 14.2. The molecule has 1 unspecified atom stereocenters. The van der Waals surface area contributed by atoms with Gasteiger partial charge in [0.05, 0.1) is 0 Å². The van der Waals surface area contributed by atoms with Gasteiger partial charge < -0.3 is 10.6 Å². The number of nitrogens with zero attached hydrogens (tertiary/aromatic N) is 1. The summed E-state index contributed by atoms with van der Waals surface area (Å²) >= 11 is 0. The maximum Gasteiger partial charge on any atom is 0.0424 e. The molecule has 0 amide bonds. The van der Waals surface area contributed by atoms with Crippen molar-refractivity contribution >= 4 is 0 Å². The number of hydrogen-bond acceptors (Lipinski definition) is 2. The van der Waals surface area contributed by atoms with Crippen LogP contribution in [0, 0.1) is 19.8 Å². The van der Waals surface area contributed by atoms with Crippen molar-refractivity contribution in [2.45, 2.75) is 65.0 Å². The second-order valence-electron chi connectivity index (χ2n) is 6.97. The van der Waals surface area contributed by atoms with E-state index in [1.807, 2.05) is 0 Å². The fourth-order valence-electron chi connectivity index (χ4n) is 3.55. The van der Waals surface area contributed by atoms with Crippen LogP contribution in [0.3, 0.4) is 0 Å². The van der Waals surface area contributed by atoms with E-state index in [-0.39, 0.29) is 6.04 Å². The summed E-state index contributed by atoms with van der Waals surface area (Å²) in [5.74, 6) is 0.961. The van der Waals surface area contributed by atoms with Crippen molar-refractivity contribution in [3.8, 4) is 0 Å². The Morgan fingerprint density at radius 2 is 1.81 bits per heavy atom. The minimum atomic E-state index is 0.123. The molecule has 1 aromatic rings. The van der Waals surface area contributed by atoms with E-state index >= 15 is 0 Å². The van der Waals surface area contributed by atoms with Gasteiger partial charge in [-0.2, -0.15) is 0 Å². The van der Waals surface area contributed by atoms with Crippen molar-refractivity contribution in [1.29, 1.82) is 0 Å². The molecule has 0 radical (unpaired) electrons. The highest BCUT2D eigenvalue weighted by Crippen LogP contribution is 2.29. The predicted molar refractivity (Wildman–Crippen MR) is 91.5 cm³/mol. The van der Waals surface area contributed by atoms with Crippen molar-refractivity contribution in [2.75, 3.05) is 13.6 Å². The zero-order chi connectivity index (χ0) is 15.4. The summed E-state index contributed by atoms with van der Waals surface area (Å²) in [5.41, 5.74) is 10.4. The Balaban J connectivity index is 1.89. The molecule has 1 saturated carbocycles. The quantitative estimate of drug-likeness (QED) is 0.879. The van der Waals surface area contributed by atoms with E-state index in [9.17, 15) is 0 Å². The molecule has 1 atom stereocenters. The summed E-state index contributed by atoms with van der Waals surface area (Å²) in [4.78, 5) is 2.49. The number of hydrogen-bond donors (Lipinski definition) is 1. The van der Waals surface area contributed by atoms with E-state index in [1.54, 1.807) is 0 Å². The normalized spacial score (nSPS) is 24.3. The molecule has 0 heterocycles. The first-order chi connectivity index (χ1) is 10.0. The third kappa shape index (κ3) is 4.31. The van der Waals surface area contributed by atoms with E-state index in [1.165, 1.54) is 48.8 Å². The molecular formula is C19H32N2. The summed E-state index contributed by atoms with van der Waals surface area (Å²) < 4.78 is 0. The molecule has 0 saturated heterocycles. The molecule has 0 aromatic heterocycles. The van der Waals surface area contributed by atoms with Crippen molar-refractivity contribution in [1.82, 2.24) is 4.90 Å². The van der Waals surface area contributed by atoms with Crippen LogP contribution in [-0.2, 0) is 0 Å². The van der Waals surface area contributed by atoms with Gasteiger partial charge in [0, 0.05) is 18.6 Å². The van der Waals surface area contributed by atoms with E-state index in [0.717, 1.165) is 18.5 Å². The van der Waals surface area contributed by atoms with Crippen LogP contribution in [0.2, 0.25) is 0 Å². The maximum atomic E-state index is 6.43. The molecule has 0 spiro atoms. The average Bonchev–Trinajstić information content (AvgIpc) is 2.50. The number of rotatable bonds is 5. The standard InChI is InChI=1S/C19H32N2/c1-5-16-7-10-18(11-8-16)21(4)13-19(20)17-9-6-14(2)15(3)12-17/h6,9,12,16,18-19H,5,7-8,10-11,13,20H2,1-4H3. The molecule has 0 bridgehead atoms. The molecule has 118 valence electrons. The first kappa shape index (κ1) is 16.5. The van der Waals surface area contributed by atoms with Gasteiger partial charge in [0.25, 0.3) is 0 Å². The lowest BCUT2D eigenvalue weighted by molar-refractivity contribution is 0.156. The molecule has 1 aliphatic rings. The fraction of sp³-hybridized carbons (Fsp3) is 0.684. The van der Waals surface area contributed by atoms with Gasteiger partial charge in [0.2, 0.25) is 0 Å². The highest BCUT2D eigenvalue weighted by atomic mass is 15.1. The molecular weight excluding hydrogens is 256 g/mol. The zero-order valence-electron chi connectivity index (χ0n) is 14.2. The summed E-state index contributed by atoms with van der Waals surface area (Å²) in [5, 5.41) is 0. The van der Waals surface area contributed by atoms with E-state index < -0.39 is 0 Å². The van der Waals surface area contributed by atoms with Gasteiger partial charge in [-0.25, -0.2) is 0 Å². The summed E-state index contributed by atoms with van der Waals surface area (Å²) in [7, 11) is 2.25. The summed E-state index contributed by atoms with van der Waals surface area (Å²) in [6, 6.07) is 7.48. The van der Waals surface area contributed by atoms with Crippen molar-refractivity contribution in [2.24, 2.45) is 11.7 Å². The van der Waals surface area contributed by atoms with E-state index in [0.29, 0.717) is 0 Å². The lowest BCUT2D eigenvalue weighted by Crippen LogP contribution is -2.39. The van der Waals surface area contributed by atoms with Gasteiger partial charge >= 0.3 is 0 Å². The van der Waals surface area contributed by atoms with E-state index in [4.69, 9.17) is 5.73 Å². The third-order valence-corrected chi connectivity index (χ3v) is 5.46. The van der Waals surface area contributed by atoms with Gasteiger partial charge in [-0.05, 0) is 69.2 Å². The second kappa shape index (κ2) is 7.42. The lowest BCUT2D eigenvalue weighted by atomic mass is 9.84. The molecule has 1 aromatic carbocycles. The second-order valence-corrected chi connectivity index (χ2v) is 6.97. The van der Waals surface area contributed by atoms with E-state index in [2.05, 4.69) is 50.9 Å². The molecule has 2 nitrogen and oxygen atoms in total. The van der Waals surface area contributed by atoms with Crippen molar-refractivity contribution in [3.63, 3.8) is 0 Å².